The standard InChI is InChI=1S/C22H22N6O2S2/c1-3-20-25-26-21(32-20)23-19(29)14-31-22-27-24-18(28(22)16-7-5-4-6-8-16)13-15-9-11-17(30-2)12-10-15/h4-12H,3,13-14H2,1-2H3,(H,23,26,29). The van der Waals surface area contributed by atoms with Crippen LogP contribution in [0.3, 0.4) is 0 Å². The average molecular weight is 467 g/mol. The van der Waals surface area contributed by atoms with Crippen LogP contribution in [0, 0.1) is 0 Å². The molecule has 0 atom stereocenters. The van der Waals surface area contributed by atoms with Gasteiger partial charge in [0.2, 0.25) is 11.0 Å². The van der Waals surface area contributed by atoms with Crippen molar-refractivity contribution in [2.75, 3.05) is 18.2 Å². The Kier molecular flexibility index (Phi) is 7.13. The highest BCUT2D eigenvalue weighted by Crippen LogP contribution is 2.24. The quantitative estimate of drug-likeness (QED) is 0.372. The molecule has 2 aromatic carbocycles. The van der Waals surface area contributed by atoms with Crippen molar-refractivity contribution >= 4 is 34.1 Å². The zero-order valence-electron chi connectivity index (χ0n) is 17.7. The molecule has 0 fully saturated rings. The minimum Gasteiger partial charge on any atom is -0.497 e. The number of anilines is 1. The molecule has 0 aliphatic heterocycles. The predicted octanol–water partition coefficient (Wildman–Crippen LogP) is 4.01. The number of methoxy groups -OCH3 is 1. The number of thioether (sulfide) groups is 1. The first-order valence-corrected chi connectivity index (χ1v) is 11.8. The van der Waals surface area contributed by atoms with Crippen molar-refractivity contribution in [2.45, 2.75) is 24.9 Å². The number of amides is 1. The summed E-state index contributed by atoms with van der Waals surface area (Å²) < 4.78 is 7.23. The number of hydrogen-bond donors (Lipinski definition) is 1. The lowest BCUT2D eigenvalue weighted by molar-refractivity contribution is -0.113. The van der Waals surface area contributed by atoms with Crippen molar-refractivity contribution in [3.63, 3.8) is 0 Å². The van der Waals surface area contributed by atoms with Gasteiger partial charge in [0.1, 0.15) is 16.6 Å². The Labute approximate surface area is 194 Å². The molecule has 0 aliphatic rings. The zero-order chi connectivity index (χ0) is 22.3. The number of hydrogen-bond acceptors (Lipinski definition) is 8. The Morgan fingerprint density at radius 1 is 1.06 bits per heavy atom. The van der Waals surface area contributed by atoms with Gasteiger partial charge in [-0.25, -0.2) is 0 Å². The van der Waals surface area contributed by atoms with Crippen LogP contribution in [0.25, 0.3) is 5.69 Å². The van der Waals surface area contributed by atoms with Crippen molar-refractivity contribution in [3.05, 3.63) is 71.0 Å². The molecule has 1 amide bonds. The molecule has 164 valence electrons. The summed E-state index contributed by atoms with van der Waals surface area (Å²) in [6.45, 7) is 2.00. The third-order valence-electron chi connectivity index (χ3n) is 4.58. The fraction of sp³-hybridized carbons (Fsp3) is 0.227. The largest absolute Gasteiger partial charge is 0.497 e. The molecule has 0 aliphatic carbocycles. The summed E-state index contributed by atoms with van der Waals surface area (Å²) in [7, 11) is 1.65. The van der Waals surface area contributed by atoms with Gasteiger partial charge in [0.15, 0.2) is 5.16 Å². The Bertz CT molecular complexity index is 1170. The lowest BCUT2D eigenvalue weighted by Gasteiger charge is -2.10. The monoisotopic (exact) mass is 466 g/mol. The summed E-state index contributed by atoms with van der Waals surface area (Å²) in [6, 6.07) is 17.8. The molecule has 32 heavy (non-hydrogen) atoms. The van der Waals surface area contributed by atoms with E-state index in [4.69, 9.17) is 4.74 Å². The lowest BCUT2D eigenvalue weighted by Crippen LogP contribution is -2.14. The minimum absolute atomic E-state index is 0.159. The maximum Gasteiger partial charge on any atom is 0.236 e. The number of rotatable bonds is 9. The number of carbonyl (C=O) groups is 1. The Morgan fingerprint density at radius 3 is 2.53 bits per heavy atom. The van der Waals surface area contributed by atoms with E-state index in [2.05, 4.69) is 25.7 Å². The van der Waals surface area contributed by atoms with E-state index in [1.807, 2.05) is 66.1 Å². The highest BCUT2D eigenvalue weighted by molar-refractivity contribution is 7.99. The Morgan fingerprint density at radius 2 is 1.84 bits per heavy atom. The maximum atomic E-state index is 12.4. The van der Waals surface area contributed by atoms with Crippen molar-refractivity contribution in [1.29, 1.82) is 0 Å². The van der Waals surface area contributed by atoms with E-state index in [1.54, 1.807) is 7.11 Å². The van der Waals surface area contributed by atoms with Crippen molar-refractivity contribution in [3.8, 4) is 11.4 Å². The summed E-state index contributed by atoms with van der Waals surface area (Å²) in [4.78, 5) is 12.4. The van der Waals surface area contributed by atoms with Gasteiger partial charge in [0.05, 0.1) is 12.9 Å². The SMILES string of the molecule is CCc1nnc(NC(=O)CSc2nnc(Cc3ccc(OC)cc3)n2-c2ccccc2)s1. The van der Waals surface area contributed by atoms with Gasteiger partial charge >= 0.3 is 0 Å². The zero-order valence-corrected chi connectivity index (χ0v) is 19.3. The number of nitrogens with one attached hydrogen (secondary N) is 1. The number of carbonyl (C=O) groups excluding carboxylic acids is 1. The van der Waals surface area contributed by atoms with Crippen LogP contribution in [-0.2, 0) is 17.6 Å². The fourth-order valence-corrected chi connectivity index (χ4v) is 4.47. The number of para-hydroxylation sites is 1. The second-order valence-electron chi connectivity index (χ2n) is 6.79. The molecule has 0 unspecified atom stereocenters. The first kappa shape index (κ1) is 22.0. The molecule has 2 aromatic heterocycles. The Hall–Kier alpha value is -3.24. The maximum absolute atomic E-state index is 12.4. The molecule has 1 N–H and O–H groups in total. The molecular weight excluding hydrogens is 444 g/mol. The van der Waals surface area contributed by atoms with Crippen LogP contribution in [0.1, 0.15) is 23.3 Å². The second kappa shape index (κ2) is 10.4. The summed E-state index contributed by atoms with van der Waals surface area (Å²) in [6.07, 6.45) is 1.39. The molecular formula is C22H22N6O2S2. The number of nitrogens with zero attached hydrogens (tertiary/aromatic N) is 5. The topological polar surface area (TPSA) is 94.8 Å². The predicted molar refractivity (Wildman–Crippen MR) is 126 cm³/mol. The second-order valence-corrected chi connectivity index (χ2v) is 8.79. The van der Waals surface area contributed by atoms with E-state index < -0.39 is 0 Å². The van der Waals surface area contributed by atoms with Gasteiger partial charge in [-0.1, -0.05) is 60.4 Å². The van der Waals surface area contributed by atoms with Crippen LogP contribution in [0.2, 0.25) is 0 Å². The summed E-state index contributed by atoms with van der Waals surface area (Å²) in [5.41, 5.74) is 2.04. The number of aryl methyl sites for hydroxylation is 1. The van der Waals surface area contributed by atoms with Crippen molar-refractivity contribution < 1.29 is 9.53 Å². The highest BCUT2D eigenvalue weighted by atomic mass is 32.2. The highest BCUT2D eigenvalue weighted by Gasteiger charge is 2.17. The van der Waals surface area contributed by atoms with Gasteiger partial charge in [-0.3, -0.25) is 14.7 Å². The molecule has 0 radical (unpaired) electrons. The van der Waals surface area contributed by atoms with E-state index in [0.717, 1.165) is 34.3 Å². The molecule has 4 aromatic rings. The van der Waals surface area contributed by atoms with Crippen molar-refractivity contribution in [2.24, 2.45) is 0 Å². The van der Waals surface area contributed by atoms with Crippen LogP contribution in [0.15, 0.2) is 59.8 Å². The van der Waals surface area contributed by atoms with E-state index in [-0.39, 0.29) is 11.7 Å². The van der Waals surface area contributed by atoms with E-state index in [9.17, 15) is 4.79 Å². The molecule has 10 heteroatoms. The molecule has 8 nitrogen and oxygen atoms in total. The van der Waals surface area contributed by atoms with Crippen LogP contribution < -0.4 is 10.1 Å². The third kappa shape index (κ3) is 5.32. The average Bonchev–Trinajstić information content (AvgIpc) is 3.45. The van der Waals surface area contributed by atoms with Crippen LogP contribution in [-0.4, -0.2) is 43.7 Å². The first-order valence-electron chi connectivity index (χ1n) is 10.0. The number of benzene rings is 2. The molecule has 0 saturated heterocycles. The van der Waals surface area contributed by atoms with Crippen LogP contribution >= 0.6 is 23.1 Å². The van der Waals surface area contributed by atoms with Gasteiger partial charge in [-0.05, 0) is 36.2 Å². The van der Waals surface area contributed by atoms with Crippen LogP contribution in [0.4, 0.5) is 5.13 Å². The minimum atomic E-state index is -0.159. The first-order chi connectivity index (χ1) is 15.7. The smallest absolute Gasteiger partial charge is 0.236 e. The molecule has 0 bridgehead atoms. The molecule has 0 spiro atoms. The summed E-state index contributed by atoms with van der Waals surface area (Å²) >= 11 is 2.72. The van der Waals surface area contributed by atoms with Gasteiger partial charge in [-0.2, -0.15) is 0 Å². The van der Waals surface area contributed by atoms with E-state index in [1.165, 1.54) is 23.1 Å². The lowest BCUT2D eigenvalue weighted by atomic mass is 10.1. The summed E-state index contributed by atoms with van der Waals surface area (Å²) in [5, 5.41) is 21.7. The third-order valence-corrected chi connectivity index (χ3v) is 6.50. The van der Waals surface area contributed by atoms with Crippen LogP contribution in [0.5, 0.6) is 5.75 Å². The fourth-order valence-electron chi connectivity index (χ4n) is 3.00. The van der Waals surface area contributed by atoms with E-state index in [0.29, 0.717) is 16.7 Å². The van der Waals surface area contributed by atoms with Gasteiger partial charge in [0.25, 0.3) is 0 Å². The van der Waals surface area contributed by atoms with E-state index >= 15 is 0 Å². The molecule has 4 rings (SSSR count). The molecule has 2 heterocycles. The van der Waals surface area contributed by atoms with Gasteiger partial charge in [0, 0.05) is 12.1 Å². The van der Waals surface area contributed by atoms with Crippen molar-refractivity contribution in [1.82, 2.24) is 25.0 Å². The number of aromatic nitrogens is 5. The molecule has 0 saturated carbocycles. The normalized spacial score (nSPS) is 10.8. The van der Waals surface area contributed by atoms with Gasteiger partial charge < -0.3 is 4.74 Å². The Balaban J connectivity index is 1.51. The number of ether oxygens (including phenoxy) is 1. The van der Waals surface area contributed by atoms with Gasteiger partial charge in [-0.15, -0.1) is 20.4 Å². The summed E-state index contributed by atoms with van der Waals surface area (Å²) in [5.74, 6) is 1.63.